The molecule has 2 heterocycles. The second kappa shape index (κ2) is 6.93. The van der Waals surface area contributed by atoms with Crippen molar-refractivity contribution >= 4 is 51.9 Å². The minimum Gasteiger partial charge on any atom is -0.861 e. The molecule has 0 radical (unpaired) electrons. The minimum atomic E-state index is -0.463. The quantitative estimate of drug-likeness (QED) is 0.492. The van der Waals surface area contributed by atoms with Crippen molar-refractivity contribution in [1.29, 1.82) is 0 Å². The van der Waals surface area contributed by atoms with Gasteiger partial charge in [-0.1, -0.05) is 35.9 Å². The highest BCUT2D eigenvalue weighted by Gasteiger charge is 2.25. The number of anilines is 2. The van der Waals surface area contributed by atoms with Crippen LogP contribution in [0.2, 0.25) is 0 Å². The third kappa shape index (κ3) is 3.07. The van der Waals surface area contributed by atoms with Crippen LogP contribution < -0.4 is 10.0 Å². The number of hydrogen-bond acceptors (Lipinski definition) is 6. The SMILES string of the molecule is Cc1ccc2ccc3c(c2c1)N=C([O-])CC(=O)N3c1cccc(-c2nc(=S)o[nH]2)c1. The Morgan fingerprint density at radius 2 is 2.00 bits per heavy atom. The molecule has 3 aromatic carbocycles. The number of nitrogens with one attached hydrogen (secondary N) is 1. The van der Waals surface area contributed by atoms with Crippen LogP contribution in [-0.4, -0.2) is 21.9 Å². The Morgan fingerprint density at radius 3 is 2.80 bits per heavy atom. The Labute approximate surface area is 176 Å². The van der Waals surface area contributed by atoms with Crippen LogP contribution >= 0.6 is 12.2 Å². The molecule has 1 aromatic heterocycles. The Bertz CT molecular complexity index is 1400. The molecule has 7 nitrogen and oxygen atoms in total. The molecule has 0 unspecified atom stereocenters. The van der Waals surface area contributed by atoms with Crippen molar-refractivity contribution in [2.75, 3.05) is 4.90 Å². The van der Waals surface area contributed by atoms with Crippen molar-refractivity contribution in [3.63, 3.8) is 0 Å². The molecule has 8 heteroatoms. The summed E-state index contributed by atoms with van der Waals surface area (Å²) in [5.41, 5.74) is 3.40. The van der Waals surface area contributed by atoms with Gasteiger partial charge < -0.3 is 9.63 Å². The number of aromatic nitrogens is 2. The number of carbonyl (C=O) groups excluding carboxylic acids is 1. The van der Waals surface area contributed by atoms with Gasteiger partial charge in [0, 0.05) is 16.6 Å². The zero-order chi connectivity index (χ0) is 20.8. The Balaban J connectivity index is 1.73. The van der Waals surface area contributed by atoms with Gasteiger partial charge in [0.25, 0.3) is 0 Å². The number of benzene rings is 3. The molecule has 0 bridgehead atoms. The first-order valence-electron chi connectivity index (χ1n) is 9.26. The van der Waals surface area contributed by atoms with Crippen LogP contribution in [0.15, 0.2) is 64.1 Å². The molecule has 1 amide bonds. The van der Waals surface area contributed by atoms with Crippen molar-refractivity contribution in [3.05, 3.63) is 65.0 Å². The zero-order valence-corrected chi connectivity index (χ0v) is 16.7. The fourth-order valence-corrected chi connectivity index (χ4v) is 3.77. The van der Waals surface area contributed by atoms with Crippen LogP contribution in [0, 0.1) is 11.8 Å². The number of aliphatic imine (C=N–C) groups is 1. The second-order valence-electron chi connectivity index (χ2n) is 7.05. The minimum absolute atomic E-state index is 0.0952. The van der Waals surface area contributed by atoms with E-state index in [2.05, 4.69) is 15.1 Å². The molecule has 30 heavy (non-hydrogen) atoms. The number of carbonyl (C=O) groups is 1. The monoisotopic (exact) mass is 415 g/mol. The molecule has 0 spiro atoms. The van der Waals surface area contributed by atoms with E-state index in [1.54, 1.807) is 18.2 Å². The lowest BCUT2D eigenvalue weighted by atomic mass is 10.0. The molecular formula is C22H15N4O3S-. The molecule has 1 aliphatic rings. The summed E-state index contributed by atoms with van der Waals surface area (Å²) >= 11 is 4.92. The fraction of sp³-hybridized carbons (Fsp3) is 0.0909. The average Bonchev–Trinajstić information content (AvgIpc) is 3.10. The number of fused-ring (bicyclic) bond motifs is 3. The number of rotatable bonds is 2. The standard InChI is InChI=1S/C22H16N4O3S/c1-12-5-6-13-7-8-17-20(16(13)9-12)23-18(27)11-19(28)26(17)15-4-2-3-14(10-15)21-24-22(30)29-25-21/h2-10H,11H2,1H3,(H,23,27)(H,24,25,30)/p-1. The Hall–Kier alpha value is -3.78. The molecule has 1 aliphatic heterocycles. The zero-order valence-electron chi connectivity index (χ0n) is 15.9. The summed E-state index contributed by atoms with van der Waals surface area (Å²) in [6.07, 6.45) is -0.307. The van der Waals surface area contributed by atoms with E-state index in [0.717, 1.165) is 16.3 Å². The summed E-state index contributed by atoms with van der Waals surface area (Å²) in [7, 11) is 0. The normalized spacial score (nSPS) is 13.8. The molecule has 148 valence electrons. The summed E-state index contributed by atoms with van der Waals surface area (Å²) < 4.78 is 5.01. The third-order valence-corrected chi connectivity index (χ3v) is 5.15. The topological polar surface area (TPSA) is 97.6 Å². The number of amides is 1. The summed E-state index contributed by atoms with van der Waals surface area (Å²) in [6, 6.07) is 16.9. The van der Waals surface area contributed by atoms with E-state index < -0.39 is 5.90 Å². The van der Waals surface area contributed by atoms with Crippen molar-refractivity contribution < 1.29 is 14.4 Å². The van der Waals surface area contributed by atoms with Gasteiger partial charge in [0.1, 0.15) is 0 Å². The Morgan fingerprint density at radius 1 is 1.17 bits per heavy atom. The van der Waals surface area contributed by atoms with Crippen LogP contribution in [-0.2, 0) is 4.79 Å². The predicted octanol–water partition coefficient (Wildman–Crippen LogP) is 4.32. The molecule has 5 rings (SSSR count). The maximum absolute atomic E-state index is 13.0. The summed E-state index contributed by atoms with van der Waals surface area (Å²) in [6.45, 7) is 1.98. The molecule has 4 aromatic rings. The number of nitrogens with zero attached hydrogens (tertiary/aromatic N) is 3. The van der Waals surface area contributed by atoms with Gasteiger partial charge in [-0.3, -0.25) is 14.7 Å². The van der Waals surface area contributed by atoms with Crippen LogP contribution in [0.25, 0.3) is 22.2 Å². The lowest BCUT2D eigenvalue weighted by Crippen LogP contribution is -2.30. The van der Waals surface area contributed by atoms with Crippen LogP contribution in [0.5, 0.6) is 0 Å². The van der Waals surface area contributed by atoms with Gasteiger partial charge in [-0.15, -0.1) is 0 Å². The van der Waals surface area contributed by atoms with Gasteiger partial charge in [0.05, 0.1) is 17.8 Å². The van der Waals surface area contributed by atoms with Crippen molar-refractivity contribution in [2.45, 2.75) is 13.3 Å². The Kier molecular flexibility index (Phi) is 4.22. The van der Waals surface area contributed by atoms with E-state index >= 15 is 0 Å². The van der Waals surface area contributed by atoms with Crippen LogP contribution in [0.1, 0.15) is 12.0 Å². The van der Waals surface area contributed by atoms with Crippen molar-refractivity contribution in [1.82, 2.24) is 10.1 Å². The summed E-state index contributed by atoms with van der Waals surface area (Å²) in [5.74, 6) is -0.353. The van der Waals surface area contributed by atoms with E-state index in [0.29, 0.717) is 28.5 Å². The molecule has 0 fully saturated rings. The fourth-order valence-electron chi connectivity index (χ4n) is 3.64. The number of aromatic amines is 1. The lowest BCUT2D eigenvalue weighted by molar-refractivity contribution is -0.218. The summed E-state index contributed by atoms with van der Waals surface area (Å²) in [5, 5.41) is 16.8. The van der Waals surface area contributed by atoms with Gasteiger partial charge >= 0.3 is 4.84 Å². The molecule has 0 saturated heterocycles. The highest BCUT2D eigenvalue weighted by molar-refractivity contribution is 7.71. The smallest absolute Gasteiger partial charge is 0.314 e. The van der Waals surface area contributed by atoms with Gasteiger partial charge in [-0.05, 0) is 54.7 Å². The van der Waals surface area contributed by atoms with Crippen LogP contribution in [0.4, 0.5) is 17.1 Å². The molecule has 0 saturated carbocycles. The van der Waals surface area contributed by atoms with Gasteiger partial charge in [0.2, 0.25) is 5.91 Å². The molecule has 0 atom stereocenters. The highest BCUT2D eigenvalue weighted by atomic mass is 32.1. The molecular weight excluding hydrogens is 400 g/mol. The number of hydrogen-bond donors (Lipinski definition) is 1. The number of H-pyrrole nitrogens is 1. The van der Waals surface area contributed by atoms with E-state index in [9.17, 15) is 9.90 Å². The first-order valence-corrected chi connectivity index (χ1v) is 9.67. The second-order valence-corrected chi connectivity index (χ2v) is 7.40. The average molecular weight is 415 g/mol. The molecule has 1 N–H and O–H groups in total. The van der Waals surface area contributed by atoms with E-state index in [-0.39, 0.29) is 17.2 Å². The highest BCUT2D eigenvalue weighted by Crippen LogP contribution is 2.42. The lowest BCUT2D eigenvalue weighted by Gasteiger charge is -2.24. The summed E-state index contributed by atoms with van der Waals surface area (Å²) in [4.78, 5) is 23.1. The van der Waals surface area contributed by atoms with Crippen molar-refractivity contribution in [2.24, 2.45) is 4.99 Å². The largest absolute Gasteiger partial charge is 0.861 e. The number of aryl methyl sites for hydroxylation is 1. The third-order valence-electron chi connectivity index (χ3n) is 4.97. The first-order chi connectivity index (χ1) is 14.5. The van der Waals surface area contributed by atoms with Crippen molar-refractivity contribution in [3.8, 4) is 11.4 Å². The van der Waals surface area contributed by atoms with E-state index in [1.807, 2.05) is 43.3 Å². The van der Waals surface area contributed by atoms with Gasteiger partial charge in [-0.2, -0.15) is 4.98 Å². The maximum atomic E-state index is 13.0. The predicted molar refractivity (Wildman–Crippen MR) is 115 cm³/mol. The van der Waals surface area contributed by atoms with Gasteiger partial charge in [0.15, 0.2) is 5.82 Å². The van der Waals surface area contributed by atoms with Crippen LogP contribution in [0.3, 0.4) is 0 Å². The van der Waals surface area contributed by atoms with E-state index in [1.165, 1.54) is 4.90 Å². The maximum Gasteiger partial charge on any atom is 0.314 e. The van der Waals surface area contributed by atoms with Gasteiger partial charge in [-0.25, -0.2) is 5.16 Å². The molecule has 0 aliphatic carbocycles. The first kappa shape index (κ1) is 18.3. The van der Waals surface area contributed by atoms with E-state index in [4.69, 9.17) is 16.7 Å².